The molecule has 0 heterocycles. The van der Waals surface area contributed by atoms with Crippen molar-refractivity contribution in [2.45, 2.75) is 46.1 Å². The maximum absolute atomic E-state index is 13.3. The van der Waals surface area contributed by atoms with Gasteiger partial charge in [-0.2, -0.15) is 0 Å². The molecule has 0 fully saturated rings. The number of halogens is 3. The summed E-state index contributed by atoms with van der Waals surface area (Å²) in [4.78, 5) is 0. The number of nitrogens with one attached hydrogen (secondary N) is 1. The lowest BCUT2D eigenvalue weighted by Crippen LogP contribution is -2.21. The molecular formula is C14H20Cl2FN. The Kier molecular flexibility index (Phi) is 6.24. The van der Waals surface area contributed by atoms with E-state index in [2.05, 4.69) is 26.1 Å². The van der Waals surface area contributed by atoms with E-state index in [4.69, 9.17) is 23.2 Å². The zero-order valence-corrected chi connectivity index (χ0v) is 12.6. The molecular weight excluding hydrogens is 272 g/mol. The summed E-state index contributed by atoms with van der Waals surface area (Å²) in [7, 11) is 0. The molecule has 102 valence electrons. The van der Waals surface area contributed by atoms with Crippen molar-refractivity contribution in [2.24, 2.45) is 5.92 Å². The van der Waals surface area contributed by atoms with Gasteiger partial charge in [0, 0.05) is 11.7 Å². The largest absolute Gasteiger partial charge is 0.382 e. The summed E-state index contributed by atoms with van der Waals surface area (Å²) in [6.07, 6.45) is 3.25. The predicted octanol–water partition coefficient (Wildman–Crippen LogP) is 5.76. The van der Waals surface area contributed by atoms with E-state index in [-0.39, 0.29) is 10.0 Å². The lowest BCUT2D eigenvalue weighted by Gasteiger charge is -2.21. The molecule has 0 aliphatic heterocycles. The average molecular weight is 292 g/mol. The summed E-state index contributed by atoms with van der Waals surface area (Å²) in [5.74, 6) is 0.104. The van der Waals surface area contributed by atoms with E-state index in [0.717, 1.165) is 24.9 Å². The summed E-state index contributed by atoms with van der Waals surface area (Å²) < 4.78 is 13.3. The highest BCUT2D eigenvalue weighted by Crippen LogP contribution is 2.28. The molecule has 2 atom stereocenters. The zero-order valence-electron chi connectivity index (χ0n) is 11.1. The van der Waals surface area contributed by atoms with E-state index in [1.165, 1.54) is 0 Å². The molecule has 18 heavy (non-hydrogen) atoms. The van der Waals surface area contributed by atoms with Crippen LogP contribution in [0.5, 0.6) is 0 Å². The average Bonchev–Trinajstić information content (AvgIpc) is 2.34. The molecule has 1 N–H and O–H groups in total. The van der Waals surface area contributed by atoms with Crippen LogP contribution in [-0.2, 0) is 0 Å². The second kappa shape index (κ2) is 7.20. The van der Waals surface area contributed by atoms with E-state index in [1.807, 2.05) is 0 Å². The number of rotatable bonds is 6. The Hall–Kier alpha value is -0.470. The van der Waals surface area contributed by atoms with Gasteiger partial charge in [-0.25, -0.2) is 4.39 Å². The van der Waals surface area contributed by atoms with Gasteiger partial charge in [-0.3, -0.25) is 0 Å². The van der Waals surface area contributed by atoms with Crippen LogP contribution in [0.15, 0.2) is 12.1 Å². The van der Waals surface area contributed by atoms with Gasteiger partial charge in [0.1, 0.15) is 0 Å². The van der Waals surface area contributed by atoms with Crippen LogP contribution in [0, 0.1) is 11.7 Å². The number of benzene rings is 1. The highest BCUT2D eigenvalue weighted by Gasteiger charge is 2.13. The van der Waals surface area contributed by atoms with Gasteiger partial charge in [0.25, 0.3) is 0 Å². The highest BCUT2D eigenvalue weighted by molar-refractivity contribution is 6.35. The second-order valence-electron chi connectivity index (χ2n) is 4.75. The molecule has 1 aromatic carbocycles. The summed E-state index contributed by atoms with van der Waals surface area (Å²) in [5.41, 5.74) is 0.779. The van der Waals surface area contributed by atoms with Crippen LogP contribution in [0.3, 0.4) is 0 Å². The Bertz CT molecular complexity index is 372. The second-order valence-corrected chi connectivity index (χ2v) is 5.57. The molecule has 1 rings (SSSR count). The molecule has 1 nitrogen and oxygen atoms in total. The Morgan fingerprint density at radius 1 is 1.17 bits per heavy atom. The Balaban J connectivity index is 2.76. The SMILES string of the molecule is CCC(C)CC(CC)Nc1cc(Cl)c(F)c(Cl)c1. The smallest absolute Gasteiger partial charge is 0.160 e. The summed E-state index contributed by atoms with van der Waals surface area (Å²) in [6, 6.07) is 3.53. The first-order valence-corrected chi connectivity index (χ1v) is 7.14. The highest BCUT2D eigenvalue weighted by atomic mass is 35.5. The molecule has 0 bridgehead atoms. The Morgan fingerprint density at radius 2 is 1.72 bits per heavy atom. The van der Waals surface area contributed by atoms with Gasteiger partial charge < -0.3 is 5.32 Å². The fourth-order valence-electron chi connectivity index (χ4n) is 1.85. The van der Waals surface area contributed by atoms with E-state index < -0.39 is 5.82 Å². The minimum absolute atomic E-state index is 0.0587. The molecule has 0 saturated carbocycles. The van der Waals surface area contributed by atoms with E-state index in [9.17, 15) is 4.39 Å². The normalized spacial score (nSPS) is 14.3. The van der Waals surface area contributed by atoms with Gasteiger partial charge >= 0.3 is 0 Å². The quantitative estimate of drug-likeness (QED) is 0.657. The molecule has 2 unspecified atom stereocenters. The molecule has 0 amide bonds. The van der Waals surface area contributed by atoms with Gasteiger partial charge in [0.05, 0.1) is 10.0 Å². The van der Waals surface area contributed by atoms with Crippen molar-refractivity contribution < 1.29 is 4.39 Å². The van der Waals surface area contributed by atoms with E-state index >= 15 is 0 Å². The van der Waals surface area contributed by atoms with Crippen molar-refractivity contribution in [3.05, 3.63) is 28.0 Å². The van der Waals surface area contributed by atoms with Crippen LogP contribution in [0.25, 0.3) is 0 Å². The first-order valence-electron chi connectivity index (χ1n) is 6.38. The van der Waals surface area contributed by atoms with Crippen molar-refractivity contribution in [1.82, 2.24) is 0 Å². The zero-order chi connectivity index (χ0) is 13.7. The monoisotopic (exact) mass is 291 g/mol. The minimum atomic E-state index is -0.557. The lowest BCUT2D eigenvalue weighted by atomic mass is 9.97. The van der Waals surface area contributed by atoms with Crippen molar-refractivity contribution in [3.63, 3.8) is 0 Å². The van der Waals surface area contributed by atoms with E-state index in [0.29, 0.717) is 12.0 Å². The Labute approximate surface area is 119 Å². The molecule has 0 aliphatic carbocycles. The predicted molar refractivity (Wildman–Crippen MR) is 78.2 cm³/mol. The molecule has 0 radical (unpaired) electrons. The number of hydrogen-bond acceptors (Lipinski definition) is 1. The first-order chi connectivity index (χ1) is 8.47. The Morgan fingerprint density at radius 3 is 2.17 bits per heavy atom. The number of hydrogen-bond donors (Lipinski definition) is 1. The molecule has 0 saturated heterocycles. The van der Waals surface area contributed by atoms with Gasteiger partial charge in [-0.15, -0.1) is 0 Å². The van der Waals surface area contributed by atoms with Crippen molar-refractivity contribution in [1.29, 1.82) is 0 Å². The third kappa shape index (κ3) is 4.33. The fourth-order valence-corrected chi connectivity index (χ4v) is 2.34. The third-order valence-corrected chi connectivity index (χ3v) is 3.78. The van der Waals surface area contributed by atoms with Gasteiger partial charge in [0.2, 0.25) is 0 Å². The van der Waals surface area contributed by atoms with Crippen LogP contribution in [0.2, 0.25) is 10.0 Å². The van der Waals surface area contributed by atoms with Crippen LogP contribution in [0.4, 0.5) is 10.1 Å². The standard InChI is InChI=1S/C14H20Cl2FN/c1-4-9(3)6-10(5-2)18-11-7-12(15)14(17)13(16)8-11/h7-10,18H,4-6H2,1-3H3. The van der Waals surface area contributed by atoms with Crippen molar-refractivity contribution in [2.75, 3.05) is 5.32 Å². The summed E-state index contributed by atoms with van der Waals surface area (Å²) in [6.45, 7) is 6.55. The fraction of sp³-hybridized carbons (Fsp3) is 0.571. The first kappa shape index (κ1) is 15.6. The van der Waals surface area contributed by atoms with Crippen LogP contribution in [0.1, 0.15) is 40.0 Å². The maximum atomic E-state index is 13.3. The number of anilines is 1. The lowest BCUT2D eigenvalue weighted by molar-refractivity contribution is 0.462. The topological polar surface area (TPSA) is 12.0 Å². The van der Waals surface area contributed by atoms with Gasteiger partial charge in [0.15, 0.2) is 5.82 Å². The molecule has 4 heteroatoms. The van der Waals surface area contributed by atoms with Gasteiger partial charge in [-0.1, -0.05) is 50.4 Å². The molecule has 0 spiro atoms. The van der Waals surface area contributed by atoms with Crippen molar-refractivity contribution in [3.8, 4) is 0 Å². The van der Waals surface area contributed by atoms with E-state index in [1.54, 1.807) is 12.1 Å². The molecule has 0 aromatic heterocycles. The maximum Gasteiger partial charge on any atom is 0.160 e. The van der Waals surface area contributed by atoms with Crippen molar-refractivity contribution >= 4 is 28.9 Å². The van der Waals surface area contributed by atoms with Crippen LogP contribution in [-0.4, -0.2) is 6.04 Å². The van der Waals surface area contributed by atoms with Crippen LogP contribution >= 0.6 is 23.2 Å². The summed E-state index contributed by atoms with van der Waals surface area (Å²) in [5, 5.41) is 3.48. The molecule has 0 aliphatic rings. The van der Waals surface area contributed by atoms with Gasteiger partial charge in [-0.05, 0) is 30.9 Å². The third-order valence-electron chi connectivity index (χ3n) is 3.23. The molecule has 1 aromatic rings. The summed E-state index contributed by atoms with van der Waals surface area (Å²) >= 11 is 11.6. The van der Waals surface area contributed by atoms with Crippen LogP contribution < -0.4 is 5.32 Å². The minimum Gasteiger partial charge on any atom is -0.382 e.